The summed E-state index contributed by atoms with van der Waals surface area (Å²) in [5.74, 6) is 1.60. The summed E-state index contributed by atoms with van der Waals surface area (Å²) < 4.78 is 0. The fourth-order valence-corrected chi connectivity index (χ4v) is 2.53. The summed E-state index contributed by atoms with van der Waals surface area (Å²) in [5.41, 5.74) is 0.391. The van der Waals surface area contributed by atoms with Crippen LogP contribution in [0, 0.1) is 17.3 Å². The summed E-state index contributed by atoms with van der Waals surface area (Å²) in [6, 6.07) is 0. The van der Waals surface area contributed by atoms with E-state index in [1.54, 1.807) is 0 Å². The lowest BCUT2D eigenvalue weighted by atomic mass is 9.64. The molecule has 2 unspecified atom stereocenters. The minimum atomic E-state index is 0.317. The molecule has 0 fully saturated rings. The van der Waals surface area contributed by atoms with Crippen LogP contribution in [-0.4, -0.2) is 5.16 Å². The van der Waals surface area contributed by atoms with Crippen molar-refractivity contribution in [3.63, 3.8) is 0 Å². The van der Waals surface area contributed by atoms with Crippen molar-refractivity contribution in [1.29, 1.82) is 0 Å². The smallest absolute Gasteiger partial charge is 0.0153 e. The van der Waals surface area contributed by atoms with Crippen molar-refractivity contribution in [3.05, 3.63) is 0 Å². The maximum absolute atomic E-state index is 3.02. The van der Waals surface area contributed by atoms with Gasteiger partial charge in [0.1, 0.15) is 0 Å². The van der Waals surface area contributed by atoms with Gasteiger partial charge in [0, 0.05) is 0 Å². The molecule has 0 bridgehead atoms. The highest BCUT2D eigenvalue weighted by Gasteiger charge is 2.40. The second-order valence-electron chi connectivity index (χ2n) is 6.08. The van der Waals surface area contributed by atoms with E-state index >= 15 is 0 Å². The van der Waals surface area contributed by atoms with Crippen LogP contribution in [0.15, 0.2) is 0 Å². The zero-order valence-electron chi connectivity index (χ0n) is 11.1. The summed E-state index contributed by atoms with van der Waals surface area (Å²) in [6.07, 6.45) is 2.65. The van der Waals surface area contributed by atoms with Crippen molar-refractivity contribution < 1.29 is 0 Å². The van der Waals surface area contributed by atoms with Crippen molar-refractivity contribution in [1.82, 2.24) is 0 Å². The molecule has 0 nitrogen and oxygen atoms in total. The first kappa shape index (κ1) is 14.4. The Labute approximate surface area is 93.4 Å². The molecule has 0 saturated carbocycles. The molecule has 0 radical (unpaired) electrons. The minimum absolute atomic E-state index is 0.317. The lowest BCUT2D eigenvalue weighted by Crippen LogP contribution is -2.42. The molecule has 0 aliphatic rings. The first-order chi connectivity index (χ1) is 6.14. The van der Waals surface area contributed by atoms with Gasteiger partial charge < -0.3 is 0 Å². The molecule has 0 aromatic heterocycles. The van der Waals surface area contributed by atoms with Gasteiger partial charge in [0.15, 0.2) is 0 Å². The van der Waals surface area contributed by atoms with Crippen LogP contribution < -0.4 is 0 Å². The van der Waals surface area contributed by atoms with E-state index in [0.717, 1.165) is 11.8 Å². The Bertz CT molecular complexity index is 163. The van der Waals surface area contributed by atoms with Crippen LogP contribution >= 0.6 is 9.24 Å². The van der Waals surface area contributed by atoms with E-state index in [2.05, 4.69) is 57.7 Å². The standard InChI is InChI=1S/C13H29P/c1-8-9-11(10(2)3)12(4,5)13(6,7)14/h10-11H,8-9,14H2,1-7H3. The van der Waals surface area contributed by atoms with Gasteiger partial charge in [-0.1, -0.05) is 54.9 Å². The van der Waals surface area contributed by atoms with Gasteiger partial charge in [-0.3, -0.25) is 0 Å². The van der Waals surface area contributed by atoms with Gasteiger partial charge >= 0.3 is 0 Å². The van der Waals surface area contributed by atoms with Crippen LogP contribution in [0.3, 0.4) is 0 Å². The fraction of sp³-hybridized carbons (Fsp3) is 1.00. The van der Waals surface area contributed by atoms with Crippen LogP contribution in [0.2, 0.25) is 0 Å². The minimum Gasteiger partial charge on any atom is -0.131 e. The second kappa shape index (κ2) is 4.97. The highest BCUT2D eigenvalue weighted by molar-refractivity contribution is 7.18. The van der Waals surface area contributed by atoms with E-state index in [-0.39, 0.29) is 0 Å². The lowest BCUT2D eigenvalue weighted by Gasteiger charge is -2.47. The monoisotopic (exact) mass is 216 g/mol. The highest BCUT2D eigenvalue weighted by atomic mass is 31.0. The number of hydrogen-bond acceptors (Lipinski definition) is 0. The van der Waals surface area contributed by atoms with E-state index in [9.17, 15) is 0 Å². The van der Waals surface area contributed by atoms with E-state index in [1.165, 1.54) is 12.8 Å². The van der Waals surface area contributed by atoms with E-state index < -0.39 is 0 Å². The third-order valence-electron chi connectivity index (χ3n) is 3.99. The molecule has 0 aromatic carbocycles. The van der Waals surface area contributed by atoms with E-state index in [0.29, 0.717) is 10.6 Å². The van der Waals surface area contributed by atoms with Gasteiger partial charge in [-0.15, -0.1) is 9.24 Å². The Kier molecular flexibility index (Phi) is 5.12. The molecule has 14 heavy (non-hydrogen) atoms. The molecule has 0 aromatic rings. The van der Waals surface area contributed by atoms with Crippen molar-refractivity contribution in [2.45, 2.75) is 66.5 Å². The molecule has 0 aliphatic heterocycles. The quantitative estimate of drug-likeness (QED) is 0.582. The average molecular weight is 216 g/mol. The molecule has 0 aliphatic carbocycles. The lowest BCUT2D eigenvalue weighted by molar-refractivity contribution is 0.107. The molecule has 0 heterocycles. The molecule has 0 rings (SSSR count). The molecule has 0 N–H and O–H groups in total. The van der Waals surface area contributed by atoms with Crippen LogP contribution in [0.1, 0.15) is 61.3 Å². The van der Waals surface area contributed by atoms with Crippen molar-refractivity contribution in [2.75, 3.05) is 0 Å². The van der Waals surface area contributed by atoms with Crippen LogP contribution in [0.25, 0.3) is 0 Å². The first-order valence-electron chi connectivity index (χ1n) is 5.93. The van der Waals surface area contributed by atoms with Crippen molar-refractivity contribution >= 4 is 9.24 Å². The van der Waals surface area contributed by atoms with Crippen LogP contribution in [-0.2, 0) is 0 Å². The van der Waals surface area contributed by atoms with Crippen LogP contribution in [0.4, 0.5) is 0 Å². The van der Waals surface area contributed by atoms with Gasteiger partial charge in [-0.25, -0.2) is 0 Å². The maximum Gasteiger partial charge on any atom is -0.0153 e. The molecular formula is C13H29P. The number of hydrogen-bond donors (Lipinski definition) is 0. The molecule has 0 spiro atoms. The first-order valence-corrected chi connectivity index (χ1v) is 6.51. The normalized spacial score (nSPS) is 16.1. The molecule has 86 valence electrons. The Hall–Kier alpha value is 0.430. The summed E-state index contributed by atoms with van der Waals surface area (Å²) in [7, 11) is 3.02. The van der Waals surface area contributed by atoms with Crippen LogP contribution in [0.5, 0.6) is 0 Å². The fourth-order valence-electron chi connectivity index (χ4n) is 2.32. The van der Waals surface area contributed by atoms with Gasteiger partial charge in [-0.05, 0) is 28.8 Å². The average Bonchev–Trinajstić information content (AvgIpc) is 1.96. The van der Waals surface area contributed by atoms with Crippen molar-refractivity contribution in [2.24, 2.45) is 17.3 Å². The van der Waals surface area contributed by atoms with Gasteiger partial charge in [0.05, 0.1) is 0 Å². The highest BCUT2D eigenvalue weighted by Crippen LogP contribution is 2.48. The van der Waals surface area contributed by atoms with E-state index in [1.807, 2.05) is 0 Å². The molecule has 0 saturated heterocycles. The Morgan fingerprint density at radius 2 is 1.50 bits per heavy atom. The predicted molar refractivity (Wildman–Crippen MR) is 70.8 cm³/mol. The molecular weight excluding hydrogens is 187 g/mol. The SMILES string of the molecule is CCCC(C(C)C)C(C)(C)C(C)(C)P. The Balaban J connectivity index is 4.80. The summed E-state index contributed by atoms with van der Waals surface area (Å²) in [4.78, 5) is 0. The zero-order valence-corrected chi connectivity index (χ0v) is 12.3. The third kappa shape index (κ3) is 3.23. The van der Waals surface area contributed by atoms with E-state index in [4.69, 9.17) is 0 Å². The maximum atomic E-state index is 3.02. The Morgan fingerprint density at radius 1 is 1.07 bits per heavy atom. The van der Waals surface area contributed by atoms with Gasteiger partial charge in [-0.2, -0.15) is 0 Å². The van der Waals surface area contributed by atoms with Gasteiger partial charge in [0.25, 0.3) is 0 Å². The van der Waals surface area contributed by atoms with Crippen molar-refractivity contribution in [3.8, 4) is 0 Å². The molecule has 2 atom stereocenters. The van der Waals surface area contributed by atoms with Gasteiger partial charge in [0.2, 0.25) is 0 Å². The predicted octanol–water partition coefficient (Wildman–Crippen LogP) is 4.74. The molecule has 0 amide bonds. The number of rotatable bonds is 5. The Morgan fingerprint density at radius 3 is 1.71 bits per heavy atom. The molecule has 1 heteroatoms. The largest absolute Gasteiger partial charge is 0.131 e. The topological polar surface area (TPSA) is 0 Å². The summed E-state index contributed by atoms with van der Waals surface area (Å²) in [6.45, 7) is 16.5. The zero-order chi connectivity index (χ0) is 11.6. The summed E-state index contributed by atoms with van der Waals surface area (Å²) in [5, 5.41) is 0.317. The second-order valence-corrected chi connectivity index (χ2v) is 7.53. The third-order valence-corrected chi connectivity index (χ3v) is 4.74. The summed E-state index contributed by atoms with van der Waals surface area (Å²) >= 11 is 0.